The monoisotopic (exact) mass is 467 g/mol. The molecule has 170 valence electrons. The number of hydrogen-bond acceptors (Lipinski definition) is 7. The molecule has 3 aromatic carbocycles. The minimum atomic E-state index is -3.49. The highest BCUT2D eigenvalue weighted by Gasteiger charge is 2.18. The number of rotatable bonds is 6. The van der Waals surface area contributed by atoms with Gasteiger partial charge in [-0.1, -0.05) is 24.3 Å². The van der Waals surface area contributed by atoms with Crippen LogP contribution in [-0.2, 0) is 19.4 Å². The number of sulfone groups is 1. The Hall–Kier alpha value is -3.85. The van der Waals surface area contributed by atoms with Crippen LogP contribution in [0.4, 0.5) is 5.69 Å². The highest BCUT2D eigenvalue weighted by Crippen LogP contribution is 2.36. The van der Waals surface area contributed by atoms with Crippen molar-refractivity contribution in [2.45, 2.75) is 11.8 Å². The number of benzene rings is 3. The van der Waals surface area contributed by atoms with Crippen molar-refractivity contribution in [2.75, 3.05) is 25.3 Å². The summed E-state index contributed by atoms with van der Waals surface area (Å²) in [6.07, 6.45) is 1.05. The number of esters is 1. The number of carbonyl (C=O) groups is 2. The van der Waals surface area contributed by atoms with E-state index in [1.54, 1.807) is 19.1 Å². The minimum absolute atomic E-state index is 0.00613. The van der Waals surface area contributed by atoms with Gasteiger partial charge in [0.05, 0.1) is 23.3 Å². The van der Waals surface area contributed by atoms with Crippen LogP contribution in [0.3, 0.4) is 0 Å². The van der Waals surface area contributed by atoms with Gasteiger partial charge in [0.2, 0.25) is 0 Å². The highest BCUT2D eigenvalue weighted by molar-refractivity contribution is 7.90. The van der Waals surface area contributed by atoms with Gasteiger partial charge in [0.1, 0.15) is 16.9 Å². The zero-order chi connectivity index (χ0) is 23.8. The molecular weight excluding hydrogens is 446 g/mol. The topological polar surface area (TPSA) is 112 Å². The molecule has 0 aliphatic rings. The molecule has 1 aromatic heterocycles. The van der Waals surface area contributed by atoms with Gasteiger partial charge < -0.3 is 19.2 Å². The largest absolute Gasteiger partial charge is 0.495 e. The number of anilines is 1. The standard InChI is InChI=1S/C24H21NO7S/c1-14-8-9-15(33(3,28)29)10-17(14)24(27)31-13-23(26)25-19-12-21-18(11-22(19)30-2)16-6-4-5-7-20(16)32-21/h4-12H,13H2,1-3H3,(H,25,26). The lowest BCUT2D eigenvalue weighted by atomic mass is 10.1. The number of hydrogen-bond donors (Lipinski definition) is 1. The lowest BCUT2D eigenvalue weighted by molar-refractivity contribution is -0.119. The normalized spacial score (nSPS) is 11.5. The molecule has 33 heavy (non-hydrogen) atoms. The second-order valence-electron chi connectivity index (χ2n) is 7.52. The summed E-state index contributed by atoms with van der Waals surface area (Å²) in [6, 6.07) is 15.1. The van der Waals surface area contributed by atoms with Crippen LogP contribution < -0.4 is 10.1 Å². The van der Waals surface area contributed by atoms with Crippen LogP contribution in [0.2, 0.25) is 0 Å². The maximum Gasteiger partial charge on any atom is 0.338 e. The number of ether oxygens (including phenoxy) is 2. The maximum atomic E-state index is 12.5. The maximum absolute atomic E-state index is 12.5. The summed E-state index contributed by atoms with van der Waals surface area (Å²) in [5.41, 5.74) is 2.24. The van der Waals surface area contributed by atoms with Gasteiger partial charge in [-0.25, -0.2) is 13.2 Å². The van der Waals surface area contributed by atoms with Crippen molar-refractivity contribution in [3.05, 3.63) is 65.7 Å². The van der Waals surface area contributed by atoms with Gasteiger partial charge in [0.25, 0.3) is 5.91 Å². The van der Waals surface area contributed by atoms with Crippen molar-refractivity contribution >= 4 is 49.3 Å². The predicted molar refractivity (Wildman–Crippen MR) is 123 cm³/mol. The smallest absolute Gasteiger partial charge is 0.338 e. The Bertz CT molecular complexity index is 1500. The molecule has 0 atom stereocenters. The van der Waals surface area contributed by atoms with Crippen LogP contribution in [0, 0.1) is 6.92 Å². The van der Waals surface area contributed by atoms with E-state index < -0.39 is 28.3 Å². The van der Waals surface area contributed by atoms with Crippen molar-refractivity contribution in [2.24, 2.45) is 0 Å². The lowest BCUT2D eigenvalue weighted by Gasteiger charge is -2.11. The molecule has 4 aromatic rings. The third kappa shape index (κ3) is 4.54. The molecule has 0 radical (unpaired) electrons. The van der Waals surface area contributed by atoms with Gasteiger partial charge in [-0.05, 0) is 36.8 Å². The predicted octanol–water partition coefficient (Wildman–Crippen LogP) is 4.10. The average molecular weight is 467 g/mol. The highest BCUT2D eigenvalue weighted by atomic mass is 32.2. The Balaban J connectivity index is 1.51. The summed E-state index contributed by atoms with van der Waals surface area (Å²) in [4.78, 5) is 24.9. The molecule has 0 aliphatic carbocycles. The lowest BCUT2D eigenvalue weighted by Crippen LogP contribution is -2.21. The van der Waals surface area contributed by atoms with Crippen LogP contribution in [0.25, 0.3) is 21.9 Å². The number of fused-ring (bicyclic) bond motifs is 3. The van der Waals surface area contributed by atoms with Crippen molar-refractivity contribution in [3.8, 4) is 5.75 Å². The van der Waals surface area contributed by atoms with E-state index in [4.69, 9.17) is 13.9 Å². The van der Waals surface area contributed by atoms with Crippen LogP contribution in [0.5, 0.6) is 5.75 Å². The molecule has 0 saturated carbocycles. The van der Waals surface area contributed by atoms with E-state index >= 15 is 0 Å². The van der Waals surface area contributed by atoms with Crippen molar-refractivity contribution in [1.29, 1.82) is 0 Å². The first-order valence-corrected chi connectivity index (χ1v) is 11.8. The number of carbonyl (C=O) groups excluding carboxylic acids is 2. The van der Waals surface area contributed by atoms with Gasteiger partial charge in [-0.15, -0.1) is 0 Å². The zero-order valence-electron chi connectivity index (χ0n) is 18.2. The van der Waals surface area contributed by atoms with Crippen molar-refractivity contribution in [1.82, 2.24) is 0 Å². The Kier molecular flexibility index (Phi) is 5.82. The fraction of sp³-hybridized carbons (Fsp3) is 0.167. The molecule has 9 heteroatoms. The third-order valence-corrected chi connectivity index (χ3v) is 6.27. The number of methoxy groups -OCH3 is 1. The van der Waals surface area contributed by atoms with E-state index in [0.29, 0.717) is 28.2 Å². The van der Waals surface area contributed by atoms with E-state index in [9.17, 15) is 18.0 Å². The molecule has 0 aliphatic heterocycles. The second kappa shape index (κ2) is 8.59. The van der Waals surface area contributed by atoms with E-state index in [1.165, 1.54) is 25.3 Å². The summed E-state index contributed by atoms with van der Waals surface area (Å²) < 4.78 is 39.9. The first kappa shape index (κ1) is 22.3. The fourth-order valence-corrected chi connectivity index (χ4v) is 4.11. The van der Waals surface area contributed by atoms with Crippen molar-refractivity contribution in [3.63, 3.8) is 0 Å². The summed E-state index contributed by atoms with van der Waals surface area (Å²) in [7, 11) is -2.01. The molecule has 1 heterocycles. The SMILES string of the molecule is COc1cc2c(cc1NC(=O)COC(=O)c1cc(S(C)(=O)=O)ccc1C)oc1ccccc12. The van der Waals surface area contributed by atoms with E-state index in [0.717, 1.165) is 17.0 Å². The molecule has 0 unspecified atom stereocenters. The summed E-state index contributed by atoms with van der Waals surface area (Å²) in [6.45, 7) is 1.08. The van der Waals surface area contributed by atoms with E-state index in [1.807, 2.05) is 24.3 Å². The zero-order valence-corrected chi connectivity index (χ0v) is 19.0. The number of amides is 1. The Morgan fingerprint density at radius 3 is 2.48 bits per heavy atom. The molecule has 0 bridgehead atoms. The quantitative estimate of drug-likeness (QED) is 0.425. The molecule has 0 saturated heterocycles. The summed E-state index contributed by atoms with van der Waals surface area (Å²) in [5.74, 6) is -0.965. The number of furan rings is 1. The average Bonchev–Trinajstić information content (AvgIpc) is 3.13. The first-order chi connectivity index (χ1) is 15.7. The minimum Gasteiger partial charge on any atom is -0.495 e. The molecule has 1 N–H and O–H groups in total. The fourth-order valence-electron chi connectivity index (χ4n) is 3.46. The Labute approximate surface area is 190 Å². The van der Waals surface area contributed by atoms with Crippen LogP contribution in [0.1, 0.15) is 15.9 Å². The molecule has 4 rings (SSSR count). The Morgan fingerprint density at radius 1 is 1.00 bits per heavy atom. The Morgan fingerprint density at radius 2 is 1.76 bits per heavy atom. The molecular formula is C24H21NO7S. The summed E-state index contributed by atoms with van der Waals surface area (Å²) in [5, 5.41) is 4.42. The van der Waals surface area contributed by atoms with E-state index in [2.05, 4.69) is 5.32 Å². The molecule has 8 nitrogen and oxygen atoms in total. The van der Waals surface area contributed by atoms with Gasteiger partial charge in [0.15, 0.2) is 16.4 Å². The summed E-state index contributed by atoms with van der Waals surface area (Å²) >= 11 is 0. The van der Waals surface area contributed by atoms with Gasteiger partial charge >= 0.3 is 5.97 Å². The number of para-hydroxylation sites is 1. The van der Waals surface area contributed by atoms with Crippen LogP contribution >= 0.6 is 0 Å². The van der Waals surface area contributed by atoms with Gasteiger partial charge in [0, 0.05) is 23.1 Å². The molecule has 1 amide bonds. The van der Waals surface area contributed by atoms with Crippen LogP contribution in [0.15, 0.2) is 63.9 Å². The van der Waals surface area contributed by atoms with Crippen molar-refractivity contribution < 1.29 is 31.9 Å². The third-order valence-electron chi connectivity index (χ3n) is 5.16. The molecule has 0 spiro atoms. The van der Waals surface area contributed by atoms with Gasteiger partial charge in [-0.3, -0.25) is 4.79 Å². The van der Waals surface area contributed by atoms with Gasteiger partial charge in [-0.2, -0.15) is 0 Å². The molecule has 0 fully saturated rings. The first-order valence-electron chi connectivity index (χ1n) is 9.94. The number of aryl methyl sites for hydroxylation is 1. The van der Waals surface area contributed by atoms with Crippen LogP contribution in [-0.4, -0.2) is 40.3 Å². The van der Waals surface area contributed by atoms with E-state index in [-0.39, 0.29) is 10.5 Å². The number of nitrogens with one attached hydrogen (secondary N) is 1. The second-order valence-corrected chi connectivity index (χ2v) is 9.54.